The van der Waals surface area contributed by atoms with Gasteiger partial charge in [-0.25, -0.2) is 0 Å². The van der Waals surface area contributed by atoms with E-state index in [-0.39, 0.29) is 5.41 Å². The van der Waals surface area contributed by atoms with E-state index in [1.807, 2.05) is 0 Å². The lowest BCUT2D eigenvalue weighted by Gasteiger charge is -2.22. The summed E-state index contributed by atoms with van der Waals surface area (Å²) in [7, 11) is 0. The number of nitrogens with two attached hydrogens (primary N) is 2. The molecule has 60 valence electrons. The van der Waals surface area contributed by atoms with Crippen LogP contribution in [0.15, 0.2) is 11.9 Å². The van der Waals surface area contributed by atoms with E-state index in [2.05, 4.69) is 26.2 Å². The van der Waals surface area contributed by atoms with Gasteiger partial charge in [0.25, 0.3) is 0 Å². The Bertz CT molecular complexity index is 127. The summed E-state index contributed by atoms with van der Waals surface area (Å²) < 4.78 is 0. The van der Waals surface area contributed by atoms with Crippen molar-refractivity contribution in [3.05, 3.63) is 11.9 Å². The molecule has 0 saturated heterocycles. The zero-order valence-electron chi connectivity index (χ0n) is 6.94. The molecule has 0 fully saturated rings. The first kappa shape index (κ1) is 9.30. The monoisotopic (exact) mass is 143 g/mol. The molecular formula is C7H17N3. The lowest BCUT2D eigenvalue weighted by Crippen LogP contribution is -2.25. The van der Waals surface area contributed by atoms with Crippen LogP contribution >= 0.6 is 0 Å². The highest BCUT2D eigenvalue weighted by Crippen LogP contribution is 2.25. The predicted octanol–water partition coefficient (Wildman–Crippen LogP) is 0.686. The number of hydrazine groups is 1. The van der Waals surface area contributed by atoms with Crippen LogP contribution in [0.3, 0.4) is 0 Å². The van der Waals surface area contributed by atoms with Crippen LogP contribution in [0.4, 0.5) is 0 Å². The molecule has 0 rings (SSSR count). The molecule has 0 spiro atoms. The van der Waals surface area contributed by atoms with E-state index in [0.717, 1.165) is 12.1 Å². The van der Waals surface area contributed by atoms with Crippen LogP contribution in [0.25, 0.3) is 0 Å². The molecular weight excluding hydrogens is 126 g/mol. The van der Waals surface area contributed by atoms with Crippen molar-refractivity contribution in [1.82, 2.24) is 5.43 Å². The van der Waals surface area contributed by atoms with Crippen molar-refractivity contribution in [3.8, 4) is 0 Å². The van der Waals surface area contributed by atoms with Gasteiger partial charge in [0.2, 0.25) is 0 Å². The minimum atomic E-state index is 0.0480. The second kappa shape index (κ2) is 3.46. The first-order valence-corrected chi connectivity index (χ1v) is 3.47. The maximum Gasteiger partial charge on any atom is 0.0316 e. The Morgan fingerprint density at radius 3 is 2.40 bits per heavy atom. The molecule has 3 nitrogen and oxygen atoms in total. The molecule has 0 aromatic heterocycles. The highest BCUT2D eigenvalue weighted by Gasteiger charge is 2.17. The van der Waals surface area contributed by atoms with Crippen LogP contribution in [-0.4, -0.2) is 0 Å². The molecule has 10 heavy (non-hydrogen) atoms. The normalized spacial score (nSPS) is 13.4. The van der Waals surface area contributed by atoms with Gasteiger partial charge in [-0.3, -0.25) is 5.84 Å². The Hall–Kier alpha value is -0.700. The molecule has 0 bridgehead atoms. The second-order valence-corrected chi connectivity index (χ2v) is 3.00. The maximum absolute atomic E-state index is 5.69. The van der Waals surface area contributed by atoms with Gasteiger partial charge in [-0.1, -0.05) is 20.8 Å². The number of rotatable bonds is 3. The standard InChI is InChI=1S/C7H17N3/c1-4-7(2,3)6(8)5-10-9/h5,10H,4,8-9H2,1-3H3/b6-5-. The Morgan fingerprint density at radius 1 is 1.60 bits per heavy atom. The van der Waals surface area contributed by atoms with Crippen molar-refractivity contribution < 1.29 is 0 Å². The molecule has 0 amide bonds. The smallest absolute Gasteiger partial charge is 0.0316 e. The largest absolute Gasteiger partial charge is 0.400 e. The van der Waals surface area contributed by atoms with Crippen molar-refractivity contribution in [1.29, 1.82) is 0 Å². The Kier molecular flexibility index (Phi) is 3.22. The summed E-state index contributed by atoms with van der Waals surface area (Å²) >= 11 is 0. The van der Waals surface area contributed by atoms with Gasteiger partial charge in [0, 0.05) is 17.3 Å². The second-order valence-electron chi connectivity index (χ2n) is 3.00. The fourth-order valence-electron chi connectivity index (χ4n) is 0.489. The number of hydrogen-bond donors (Lipinski definition) is 3. The highest BCUT2D eigenvalue weighted by atomic mass is 15.2. The van der Waals surface area contributed by atoms with Crippen LogP contribution in [-0.2, 0) is 0 Å². The Morgan fingerprint density at radius 2 is 2.10 bits per heavy atom. The van der Waals surface area contributed by atoms with Gasteiger partial charge < -0.3 is 11.2 Å². The zero-order chi connectivity index (χ0) is 8.20. The van der Waals surface area contributed by atoms with E-state index in [4.69, 9.17) is 11.6 Å². The summed E-state index contributed by atoms with van der Waals surface area (Å²) in [6, 6.07) is 0. The zero-order valence-corrected chi connectivity index (χ0v) is 6.94. The molecule has 0 aromatic rings. The Balaban J connectivity index is 4.17. The fraction of sp³-hybridized carbons (Fsp3) is 0.714. The van der Waals surface area contributed by atoms with E-state index in [1.54, 1.807) is 6.20 Å². The van der Waals surface area contributed by atoms with Crippen LogP contribution in [0.2, 0.25) is 0 Å². The van der Waals surface area contributed by atoms with Gasteiger partial charge in [-0.2, -0.15) is 0 Å². The lowest BCUT2D eigenvalue weighted by molar-refractivity contribution is 0.421. The Labute approximate surface area is 62.4 Å². The summed E-state index contributed by atoms with van der Waals surface area (Å²) in [4.78, 5) is 0. The molecule has 0 aromatic carbocycles. The van der Waals surface area contributed by atoms with Gasteiger partial charge in [0.1, 0.15) is 0 Å². The summed E-state index contributed by atoms with van der Waals surface area (Å²) in [6.45, 7) is 6.25. The van der Waals surface area contributed by atoms with Gasteiger partial charge >= 0.3 is 0 Å². The van der Waals surface area contributed by atoms with E-state index >= 15 is 0 Å². The lowest BCUT2D eigenvalue weighted by atomic mass is 9.87. The summed E-state index contributed by atoms with van der Waals surface area (Å²) in [5.41, 5.74) is 8.95. The molecule has 0 aliphatic carbocycles. The molecule has 0 aliphatic heterocycles. The summed E-state index contributed by atoms with van der Waals surface area (Å²) in [5, 5.41) is 0. The van der Waals surface area contributed by atoms with Crippen LogP contribution < -0.4 is 17.0 Å². The quantitative estimate of drug-likeness (QED) is 0.402. The molecule has 0 atom stereocenters. The van der Waals surface area contributed by atoms with Crippen molar-refractivity contribution >= 4 is 0 Å². The third-order valence-corrected chi connectivity index (χ3v) is 1.90. The molecule has 3 heteroatoms. The van der Waals surface area contributed by atoms with Gasteiger partial charge in [0.05, 0.1) is 0 Å². The summed E-state index contributed by atoms with van der Waals surface area (Å²) in [5.74, 6) is 5.07. The van der Waals surface area contributed by atoms with Gasteiger partial charge in [0.15, 0.2) is 0 Å². The van der Waals surface area contributed by atoms with Gasteiger partial charge in [-0.15, -0.1) is 0 Å². The number of allylic oxidation sites excluding steroid dienone is 1. The minimum absolute atomic E-state index is 0.0480. The number of hydrogen-bond acceptors (Lipinski definition) is 3. The van der Waals surface area contributed by atoms with E-state index in [9.17, 15) is 0 Å². The van der Waals surface area contributed by atoms with Crippen molar-refractivity contribution in [2.24, 2.45) is 17.0 Å². The number of nitrogens with one attached hydrogen (secondary N) is 1. The third kappa shape index (κ3) is 2.27. The third-order valence-electron chi connectivity index (χ3n) is 1.90. The first-order valence-electron chi connectivity index (χ1n) is 3.47. The average molecular weight is 143 g/mol. The molecule has 0 unspecified atom stereocenters. The molecule has 0 aliphatic rings. The van der Waals surface area contributed by atoms with Crippen LogP contribution in [0.1, 0.15) is 27.2 Å². The summed E-state index contributed by atoms with van der Waals surface area (Å²) in [6.07, 6.45) is 2.64. The van der Waals surface area contributed by atoms with Gasteiger partial charge in [-0.05, 0) is 6.42 Å². The SMILES string of the molecule is CCC(C)(C)/C(N)=C/NN. The van der Waals surface area contributed by atoms with E-state index in [1.165, 1.54) is 0 Å². The average Bonchev–Trinajstić information content (AvgIpc) is 1.89. The molecule has 0 heterocycles. The fourth-order valence-corrected chi connectivity index (χ4v) is 0.489. The minimum Gasteiger partial charge on any atom is -0.400 e. The maximum atomic E-state index is 5.69. The van der Waals surface area contributed by atoms with Crippen molar-refractivity contribution in [2.45, 2.75) is 27.2 Å². The molecule has 5 N–H and O–H groups in total. The molecule has 0 saturated carbocycles. The first-order chi connectivity index (χ1) is 4.54. The van der Waals surface area contributed by atoms with Crippen molar-refractivity contribution in [3.63, 3.8) is 0 Å². The van der Waals surface area contributed by atoms with E-state index in [0.29, 0.717) is 0 Å². The van der Waals surface area contributed by atoms with Crippen molar-refractivity contribution in [2.75, 3.05) is 0 Å². The van der Waals surface area contributed by atoms with E-state index < -0.39 is 0 Å². The van der Waals surface area contributed by atoms with Crippen LogP contribution in [0.5, 0.6) is 0 Å². The highest BCUT2D eigenvalue weighted by molar-refractivity contribution is 5.05. The predicted molar refractivity (Wildman–Crippen MR) is 43.7 cm³/mol. The topological polar surface area (TPSA) is 64.1 Å². The van der Waals surface area contributed by atoms with Crippen LogP contribution in [0, 0.1) is 5.41 Å². The molecule has 0 radical (unpaired) electrons.